The first-order valence-electron chi connectivity index (χ1n) is 42.8. The number of cyclic esters (lactones) is 2. The van der Waals surface area contributed by atoms with E-state index in [2.05, 4.69) is 17.5 Å². The molecule has 6 aromatic carbocycles. The Balaban J connectivity index is 0.000000155. The van der Waals surface area contributed by atoms with Gasteiger partial charge in [0.15, 0.2) is 58.6 Å². The molecule has 123 heavy (non-hydrogen) atoms. The number of amides is 1. The number of aromatic hydroxyl groups is 1. The molecule has 660 valence electrons. The molecule has 0 aromatic heterocycles. The highest BCUT2D eigenvalue weighted by atomic mass is 16.7. The van der Waals surface area contributed by atoms with Crippen LogP contribution in [0.25, 0.3) is 0 Å². The predicted octanol–water partition coefficient (Wildman–Crippen LogP) is 9.25. The molecule has 20 atom stereocenters. The van der Waals surface area contributed by atoms with Gasteiger partial charge in [0.05, 0.1) is 90.9 Å². The van der Waals surface area contributed by atoms with Gasteiger partial charge in [-0.15, -0.1) is 0 Å². The van der Waals surface area contributed by atoms with Gasteiger partial charge in [0.1, 0.15) is 67.6 Å². The number of benzene rings is 6. The number of aliphatic hydroxyl groups excluding tert-OH is 7. The molecule has 6 aromatic rings. The van der Waals surface area contributed by atoms with Gasteiger partial charge in [-0.1, -0.05) is 61.4 Å². The van der Waals surface area contributed by atoms with E-state index in [4.69, 9.17) is 85.6 Å². The van der Waals surface area contributed by atoms with Crippen molar-refractivity contribution < 1.29 is 141 Å². The number of hydrogen-bond donors (Lipinski definition) is 9. The molecule has 30 nitrogen and oxygen atoms in total. The zero-order valence-corrected chi connectivity index (χ0v) is 69.3. The number of aliphatic hydroxyl groups is 7. The Morgan fingerprint density at radius 2 is 1.02 bits per heavy atom. The topological polar surface area (TPSA) is 399 Å². The maximum atomic E-state index is 13.6. The van der Waals surface area contributed by atoms with Crippen LogP contribution in [0.3, 0.4) is 0 Å². The number of fused-ring (bicyclic) bond motifs is 8. The largest absolute Gasteiger partial charge is 0.504 e. The molecule has 9 N–H and O–H groups in total. The van der Waals surface area contributed by atoms with Crippen LogP contribution in [0.5, 0.6) is 46.0 Å². The number of methoxy groups -OCH3 is 2. The number of carbonyl (C=O) groups is 4. The molecule has 0 spiro atoms. The number of anilines is 1. The van der Waals surface area contributed by atoms with E-state index >= 15 is 0 Å². The summed E-state index contributed by atoms with van der Waals surface area (Å²) >= 11 is 0. The van der Waals surface area contributed by atoms with Crippen LogP contribution in [0, 0.1) is 23.7 Å². The lowest BCUT2D eigenvalue weighted by atomic mass is 9.66. The monoisotopic (exact) mass is 1700 g/mol. The highest BCUT2D eigenvalue weighted by molar-refractivity contribution is 5.85. The van der Waals surface area contributed by atoms with Gasteiger partial charge in [0, 0.05) is 64.5 Å². The fourth-order valence-corrected chi connectivity index (χ4v) is 19.4. The average Bonchev–Trinajstić information content (AvgIpc) is 1.66. The van der Waals surface area contributed by atoms with Gasteiger partial charge in [-0.2, -0.15) is 0 Å². The Hall–Kier alpha value is -9.64. The third-order valence-electron chi connectivity index (χ3n) is 25.6. The van der Waals surface area contributed by atoms with Crippen LogP contribution < -0.4 is 38.5 Å². The van der Waals surface area contributed by atoms with E-state index in [1.54, 1.807) is 38.1 Å². The molecule has 0 saturated carbocycles. The molecule has 8 heterocycles. The number of ether oxygens (including phenoxy) is 17. The molecule has 6 unspecified atom stereocenters. The predicted molar refractivity (Wildman–Crippen MR) is 436 cm³/mol. The van der Waals surface area contributed by atoms with Crippen LogP contribution in [0.2, 0.25) is 0 Å². The van der Waals surface area contributed by atoms with Crippen molar-refractivity contribution in [2.45, 2.75) is 234 Å². The quantitative estimate of drug-likeness (QED) is 0.0207. The molecule has 30 heteroatoms. The number of rotatable bonds is 19. The number of esters is 3. The lowest BCUT2D eigenvalue weighted by Crippen LogP contribution is -2.62. The Bertz CT molecular complexity index is 4770. The van der Waals surface area contributed by atoms with Crippen molar-refractivity contribution in [1.82, 2.24) is 0 Å². The molecular weight excluding hydrogens is 1600 g/mol. The zero-order chi connectivity index (χ0) is 85.7. The van der Waals surface area contributed by atoms with Crippen molar-refractivity contribution in [2.24, 2.45) is 23.7 Å². The van der Waals surface area contributed by atoms with Crippen molar-refractivity contribution in [1.29, 1.82) is 0 Å². The SMILES string of the molecule is COc1cc([C@@H]2c3cc4c(c(C[C@@H]5O[C@@H]6COC(C)O[C@H]6[C@H](O)[C@H]5O)c3C[C@H]3COC(=O)C32)OCO4)cc(CO)c1O.COc1cc([C@@H]2c3cc4c(c(C[C@@H]5O[C@@H]6COC(C)O[C@H]6[C@H](O)[C@H]5O)c3C[C@H]3COC(=O)C32)OCO4)cc(CO)c1OCc1ccc(NC(=O)OC2/C=C/CCCCC2)cc1.O=C(Cc1ccc(CO)cc1)OC1/C=C/CCCCC1. The average molecular weight is 1700 g/mol. The van der Waals surface area contributed by atoms with Gasteiger partial charge in [-0.3, -0.25) is 19.7 Å². The first-order chi connectivity index (χ1) is 59.7. The Morgan fingerprint density at radius 1 is 0.520 bits per heavy atom. The Labute approximate surface area is 712 Å². The molecule has 6 fully saturated rings. The minimum Gasteiger partial charge on any atom is -0.504 e. The summed E-state index contributed by atoms with van der Waals surface area (Å²) in [5.74, 6) is -0.463. The number of hydrogen-bond acceptors (Lipinski definition) is 29. The fourth-order valence-electron chi connectivity index (χ4n) is 19.4. The molecule has 4 aliphatic carbocycles. The summed E-state index contributed by atoms with van der Waals surface area (Å²) in [6.07, 6.45) is 9.53. The van der Waals surface area contributed by atoms with Crippen molar-refractivity contribution in [3.8, 4) is 46.0 Å². The van der Waals surface area contributed by atoms with Crippen LogP contribution in [0.1, 0.15) is 162 Å². The first-order valence-corrected chi connectivity index (χ1v) is 42.8. The smallest absolute Gasteiger partial charge is 0.412 e. The Morgan fingerprint density at radius 3 is 1.53 bits per heavy atom. The molecule has 0 radical (unpaired) electrons. The van der Waals surface area contributed by atoms with Gasteiger partial charge < -0.3 is 121 Å². The third-order valence-corrected chi connectivity index (χ3v) is 25.6. The summed E-state index contributed by atoms with van der Waals surface area (Å²) in [5.41, 5.74) is 10.3. The van der Waals surface area contributed by atoms with E-state index in [1.165, 1.54) is 27.1 Å². The molecular formula is C93H109NO29. The third kappa shape index (κ3) is 18.9. The van der Waals surface area contributed by atoms with Gasteiger partial charge in [-0.25, -0.2) is 4.79 Å². The lowest BCUT2D eigenvalue weighted by Gasteiger charge is -2.46. The normalized spacial score (nSPS) is 30.5. The summed E-state index contributed by atoms with van der Waals surface area (Å²) in [6, 6.07) is 25.4. The second-order valence-corrected chi connectivity index (χ2v) is 33.4. The van der Waals surface area contributed by atoms with Crippen LogP contribution in [-0.4, -0.2) is 205 Å². The van der Waals surface area contributed by atoms with E-state index in [9.17, 15) is 54.9 Å². The van der Waals surface area contributed by atoms with E-state index in [0.717, 1.165) is 101 Å². The Kier molecular flexibility index (Phi) is 27.4. The minimum absolute atomic E-state index is 0.00740. The van der Waals surface area contributed by atoms with Crippen LogP contribution >= 0.6 is 0 Å². The summed E-state index contributed by atoms with van der Waals surface area (Å²) < 4.78 is 99.1. The summed E-state index contributed by atoms with van der Waals surface area (Å²) in [7, 11) is 2.95. The molecule has 0 bridgehead atoms. The standard InChI is InChI=1S/C46H53NO14.C30H34O12.C17H22O3/c1-24-54-22-37-44(59-24)41(50)40(49)34(61-37)18-33-31-15-28-21-56-45(51)39(28)38(32(31)17-36-43(33)58-23-57-36)26-14-27(19-48)42(35(16-26)53-2)55-20-25-10-12-29(13-11-25)47-46(52)60-30-8-6-4-3-5-7-9-30;1-12-37-10-22-29(41-12)27(34)26(33)20(42-22)7-18-16-4-15-9-38-30(35)24(15)23(17(16)6-21-28(18)40-11-39-21)13-3-14(8-31)25(32)19(5-13)36-2;18-13-15-10-8-14(9-11-15)12-17(19)20-16-6-4-2-1-3-5-7-16/h6,8,10-14,16-17,24,28,30,34,37-41,44,48-50H,3-5,7,9,15,18-23H2,1-2H3,(H,47,52);3,5-6,12,15,20,22-24,26-27,29,31-34H,4,7-11H2,1-2H3;4,6,8-11,16,18H,1-3,5,7,12-13H2/b8-6+;;6-4+/t24?,28-,30?,34-,37+,38+,39?,40-,41+,44+;12?,15-,20-,22+,23+,24?,26-,27+,29+;/m00./s1. The van der Waals surface area contributed by atoms with Gasteiger partial charge >= 0.3 is 24.0 Å². The molecule has 18 rings (SSSR count). The summed E-state index contributed by atoms with van der Waals surface area (Å²) in [4.78, 5) is 51.3. The van der Waals surface area contributed by atoms with Gasteiger partial charge in [0.2, 0.25) is 13.6 Å². The number of nitrogens with one attached hydrogen (secondary N) is 1. The van der Waals surface area contributed by atoms with Crippen molar-refractivity contribution in [3.63, 3.8) is 0 Å². The van der Waals surface area contributed by atoms with E-state index < -0.39 is 110 Å². The van der Waals surface area contributed by atoms with Crippen LogP contribution in [0.4, 0.5) is 10.5 Å². The number of allylic oxidation sites excluding steroid dienone is 2. The molecule has 12 aliphatic rings. The van der Waals surface area contributed by atoms with Crippen molar-refractivity contribution in [2.75, 3.05) is 59.5 Å². The van der Waals surface area contributed by atoms with E-state index in [0.29, 0.717) is 69.7 Å². The maximum absolute atomic E-state index is 13.6. The molecule has 8 aliphatic heterocycles. The van der Waals surface area contributed by atoms with E-state index in [1.807, 2.05) is 72.8 Å². The van der Waals surface area contributed by atoms with Gasteiger partial charge in [0.25, 0.3) is 0 Å². The minimum atomic E-state index is -1.26. The number of carbonyl (C=O) groups excluding carboxylic acids is 4. The van der Waals surface area contributed by atoms with Crippen molar-refractivity contribution >= 4 is 29.7 Å². The van der Waals surface area contributed by atoms with Gasteiger partial charge in [-0.05, 0) is 189 Å². The lowest BCUT2D eigenvalue weighted by molar-refractivity contribution is -0.320. The van der Waals surface area contributed by atoms with Crippen LogP contribution in [0.15, 0.2) is 109 Å². The first kappa shape index (κ1) is 86.9. The van der Waals surface area contributed by atoms with Crippen molar-refractivity contribution in [3.05, 3.63) is 182 Å². The summed E-state index contributed by atoms with van der Waals surface area (Å²) in [5, 5.41) is 87.7. The second-order valence-electron chi connectivity index (χ2n) is 33.4. The zero-order valence-electron chi connectivity index (χ0n) is 69.3. The highest BCUT2D eigenvalue weighted by Crippen LogP contribution is 2.57. The second kappa shape index (κ2) is 38.9. The van der Waals surface area contributed by atoms with E-state index in [-0.39, 0.29) is 138 Å². The van der Waals surface area contributed by atoms with Crippen LogP contribution in [-0.2, 0) is 120 Å². The molecule has 1 amide bonds. The molecule has 6 saturated heterocycles. The highest BCUT2D eigenvalue weighted by Gasteiger charge is 2.55. The summed E-state index contributed by atoms with van der Waals surface area (Å²) in [6.45, 7) is 3.72. The maximum Gasteiger partial charge on any atom is 0.412 e. The fraction of sp³-hybridized carbons (Fsp3) is 0.527. The number of phenols is 1.